The maximum absolute atomic E-state index is 10.0. The summed E-state index contributed by atoms with van der Waals surface area (Å²) < 4.78 is 0. The van der Waals surface area contributed by atoms with Crippen molar-refractivity contribution in [2.45, 2.75) is 6.42 Å². The molecule has 0 aromatic heterocycles. The van der Waals surface area contributed by atoms with E-state index in [0.29, 0.717) is 0 Å². The van der Waals surface area contributed by atoms with Crippen LogP contribution in [0.4, 0.5) is 0 Å². The van der Waals surface area contributed by atoms with E-state index >= 15 is 0 Å². The Morgan fingerprint density at radius 1 is 1.86 bits per heavy atom. The van der Waals surface area contributed by atoms with Gasteiger partial charge in [0, 0.05) is 11.8 Å². The third kappa shape index (κ3) is 3.55. The monoisotopic (exact) mass is 123 g/mol. The molecule has 7 heavy (non-hydrogen) atoms. The summed E-state index contributed by atoms with van der Waals surface area (Å²) in [7, 11) is 0. The first-order valence-corrected chi connectivity index (χ1v) is 2.19. The molecule has 0 unspecified atom stereocenters. The van der Waals surface area contributed by atoms with Crippen molar-refractivity contribution < 1.29 is 9.90 Å². The van der Waals surface area contributed by atoms with Crippen molar-refractivity contribution in [3.63, 3.8) is 0 Å². The van der Waals surface area contributed by atoms with Crippen LogP contribution in [0.5, 0.6) is 0 Å². The van der Waals surface area contributed by atoms with Crippen molar-refractivity contribution in [3.05, 3.63) is 0 Å². The molecule has 0 aromatic carbocycles. The number of rotatable bonds is 2. The van der Waals surface area contributed by atoms with Gasteiger partial charge in [0.1, 0.15) is 0 Å². The minimum absolute atomic E-state index is 0.0729. The summed E-state index contributed by atoms with van der Waals surface area (Å²) in [4.78, 5) is 11.8. The van der Waals surface area contributed by atoms with Gasteiger partial charge in [-0.1, -0.05) is 0 Å². The molecule has 0 aliphatic heterocycles. The molecule has 0 aromatic rings. The molecular weight excluding hydrogens is 117 g/mol. The van der Waals surface area contributed by atoms with Crippen molar-refractivity contribution in [2.24, 2.45) is 0 Å². The molecule has 42 valence electrons. The van der Waals surface area contributed by atoms with Crippen LogP contribution in [0.3, 0.4) is 0 Å². The lowest BCUT2D eigenvalue weighted by molar-refractivity contribution is -0.119. The van der Waals surface area contributed by atoms with Gasteiger partial charge in [-0.2, -0.15) is 0 Å². The van der Waals surface area contributed by atoms with Gasteiger partial charge in [0.15, 0.2) is 0 Å². The number of amides is 1. The van der Waals surface area contributed by atoms with E-state index in [4.69, 9.17) is 16.9 Å². The Kier molecular flexibility index (Phi) is 3.74. The fourth-order valence-corrected chi connectivity index (χ4v) is 0.243. The second-order valence-corrected chi connectivity index (χ2v) is 1.18. The van der Waals surface area contributed by atoms with Gasteiger partial charge in [-0.3, -0.25) is 9.63 Å². The standard InChI is InChI=1S/C3H6ClNO2/c4-5-3(7)1-2-6/h6H,1-2H2,(H,5,7). The number of aliphatic hydroxyl groups is 1. The van der Waals surface area contributed by atoms with E-state index in [2.05, 4.69) is 0 Å². The topological polar surface area (TPSA) is 49.3 Å². The fourth-order valence-electron chi connectivity index (χ4n) is 0.149. The first kappa shape index (κ1) is 6.72. The molecule has 2 N–H and O–H groups in total. The third-order valence-electron chi connectivity index (χ3n) is 0.444. The van der Waals surface area contributed by atoms with Gasteiger partial charge >= 0.3 is 0 Å². The SMILES string of the molecule is O=C(CCO)NCl. The summed E-state index contributed by atoms with van der Waals surface area (Å²) in [6, 6.07) is 0. The number of carbonyl (C=O) groups is 1. The molecule has 0 radical (unpaired) electrons. The van der Waals surface area contributed by atoms with Crippen LogP contribution in [0.15, 0.2) is 0 Å². The summed E-state index contributed by atoms with van der Waals surface area (Å²) in [5.41, 5.74) is 0. The average Bonchev–Trinajstić information content (AvgIpc) is 1.68. The first-order chi connectivity index (χ1) is 3.31. The summed E-state index contributed by atoms with van der Waals surface area (Å²) in [5, 5.41) is 8.05. The van der Waals surface area contributed by atoms with Crippen LogP contribution in [0.25, 0.3) is 0 Å². The first-order valence-electron chi connectivity index (χ1n) is 1.81. The maximum Gasteiger partial charge on any atom is 0.236 e. The number of carbonyl (C=O) groups excluding carboxylic acids is 1. The highest BCUT2D eigenvalue weighted by atomic mass is 35.5. The average molecular weight is 124 g/mol. The fraction of sp³-hybridized carbons (Fsp3) is 0.667. The van der Waals surface area contributed by atoms with Crippen LogP contribution in [0.1, 0.15) is 6.42 Å². The van der Waals surface area contributed by atoms with Crippen LogP contribution in [0, 0.1) is 0 Å². The highest BCUT2D eigenvalue weighted by molar-refractivity contribution is 6.21. The normalized spacial score (nSPS) is 8.29. The molecule has 0 aliphatic carbocycles. The van der Waals surface area contributed by atoms with E-state index in [1.807, 2.05) is 4.84 Å². The van der Waals surface area contributed by atoms with Gasteiger partial charge in [0.2, 0.25) is 5.91 Å². The zero-order chi connectivity index (χ0) is 5.70. The minimum atomic E-state index is -0.357. The highest BCUT2D eigenvalue weighted by Gasteiger charge is 1.92. The van der Waals surface area contributed by atoms with E-state index in [1.54, 1.807) is 0 Å². The zero-order valence-corrected chi connectivity index (χ0v) is 4.40. The molecule has 3 nitrogen and oxygen atoms in total. The highest BCUT2D eigenvalue weighted by Crippen LogP contribution is 1.75. The quantitative estimate of drug-likeness (QED) is 0.493. The minimum Gasteiger partial charge on any atom is -0.396 e. The molecule has 0 heterocycles. The second-order valence-electron chi connectivity index (χ2n) is 0.991. The van der Waals surface area contributed by atoms with Crippen LogP contribution in [-0.4, -0.2) is 17.6 Å². The van der Waals surface area contributed by atoms with E-state index < -0.39 is 0 Å². The number of halogens is 1. The molecule has 0 atom stereocenters. The lowest BCUT2D eigenvalue weighted by Crippen LogP contribution is -2.12. The van der Waals surface area contributed by atoms with Crippen molar-refractivity contribution in [3.8, 4) is 0 Å². The zero-order valence-electron chi connectivity index (χ0n) is 3.65. The van der Waals surface area contributed by atoms with Crippen LogP contribution >= 0.6 is 11.8 Å². The van der Waals surface area contributed by atoms with Crippen LogP contribution < -0.4 is 4.84 Å². The molecule has 0 bridgehead atoms. The Balaban J connectivity index is 3.00. The molecule has 0 saturated heterocycles. The Morgan fingerprint density at radius 2 is 2.43 bits per heavy atom. The summed E-state index contributed by atoms with van der Waals surface area (Å²) in [6.45, 7) is -0.154. The number of hydrogen-bond donors (Lipinski definition) is 2. The number of aliphatic hydroxyl groups excluding tert-OH is 1. The van der Waals surface area contributed by atoms with E-state index in [1.165, 1.54) is 0 Å². The van der Waals surface area contributed by atoms with Crippen molar-refractivity contribution in [1.29, 1.82) is 0 Å². The molecule has 0 saturated carbocycles. The molecule has 0 spiro atoms. The summed E-state index contributed by atoms with van der Waals surface area (Å²) in [5.74, 6) is -0.357. The van der Waals surface area contributed by atoms with Crippen LogP contribution in [0.2, 0.25) is 0 Å². The third-order valence-corrected chi connectivity index (χ3v) is 0.655. The van der Waals surface area contributed by atoms with Crippen LogP contribution in [-0.2, 0) is 4.79 Å². The van der Waals surface area contributed by atoms with Crippen molar-refractivity contribution in [1.82, 2.24) is 4.84 Å². The number of nitrogens with one attached hydrogen (secondary N) is 1. The Morgan fingerprint density at radius 3 is 2.57 bits per heavy atom. The largest absolute Gasteiger partial charge is 0.396 e. The Bertz CT molecular complexity index is 66.0. The number of hydrogen-bond acceptors (Lipinski definition) is 2. The van der Waals surface area contributed by atoms with E-state index in [9.17, 15) is 4.79 Å². The molecule has 1 amide bonds. The predicted octanol–water partition coefficient (Wildman–Crippen LogP) is -0.361. The molecule has 0 rings (SSSR count). The van der Waals surface area contributed by atoms with E-state index in [-0.39, 0.29) is 18.9 Å². The van der Waals surface area contributed by atoms with Crippen molar-refractivity contribution >= 4 is 17.7 Å². The molecule has 0 fully saturated rings. The van der Waals surface area contributed by atoms with Gasteiger partial charge < -0.3 is 5.11 Å². The summed E-state index contributed by atoms with van der Waals surface area (Å²) in [6.07, 6.45) is 0.0729. The van der Waals surface area contributed by atoms with Gasteiger partial charge in [-0.05, 0) is 0 Å². The van der Waals surface area contributed by atoms with Crippen molar-refractivity contribution in [2.75, 3.05) is 6.61 Å². The molecule has 4 heteroatoms. The Labute approximate surface area is 46.4 Å². The molecule has 0 aliphatic rings. The van der Waals surface area contributed by atoms with Gasteiger partial charge in [0.05, 0.1) is 13.0 Å². The predicted molar refractivity (Wildman–Crippen MR) is 25.7 cm³/mol. The van der Waals surface area contributed by atoms with Gasteiger partial charge in [-0.15, -0.1) is 0 Å². The van der Waals surface area contributed by atoms with E-state index in [0.717, 1.165) is 0 Å². The lowest BCUT2D eigenvalue weighted by atomic mass is 10.4. The summed E-state index contributed by atoms with van der Waals surface area (Å²) >= 11 is 4.82. The Hall–Kier alpha value is -0.280. The lowest BCUT2D eigenvalue weighted by Gasteiger charge is -1.88. The maximum atomic E-state index is 10.0. The molecular formula is C3H6ClNO2. The van der Waals surface area contributed by atoms with Gasteiger partial charge in [0.25, 0.3) is 0 Å². The smallest absolute Gasteiger partial charge is 0.236 e. The second kappa shape index (κ2) is 3.89. The van der Waals surface area contributed by atoms with Gasteiger partial charge in [-0.25, -0.2) is 0 Å².